The zero-order valence-corrected chi connectivity index (χ0v) is 12.3. The van der Waals surface area contributed by atoms with Crippen molar-refractivity contribution in [2.75, 3.05) is 13.6 Å². The summed E-state index contributed by atoms with van der Waals surface area (Å²) in [5.74, 6) is -1.39. The summed E-state index contributed by atoms with van der Waals surface area (Å²) in [6, 6.07) is 4.85. The lowest BCUT2D eigenvalue weighted by Crippen LogP contribution is -2.28. The minimum Gasteiger partial charge on any atom is -0.481 e. The fourth-order valence-electron chi connectivity index (χ4n) is 1.74. The van der Waals surface area contributed by atoms with E-state index in [1.807, 2.05) is 0 Å². The van der Waals surface area contributed by atoms with Crippen molar-refractivity contribution in [2.24, 2.45) is 5.92 Å². The highest BCUT2D eigenvalue weighted by atomic mass is 79.9. The van der Waals surface area contributed by atoms with Gasteiger partial charge in [0.15, 0.2) is 0 Å². The van der Waals surface area contributed by atoms with Crippen LogP contribution < -0.4 is 0 Å². The molecule has 0 spiro atoms. The number of carboxylic acid groups (broad SMARTS) is 1. The quantitative estimate of drug-likeness (QED) is 0.640. The first-order chi connectivity index (χ1) is 8.81. The van der Waals surface area contributed by atoms with Crippen LogP contribution in [0.5, 0.6) is 0 Å². The Morgan fingerprint density at radius 2 is 2.21 bits per heavy atom. The summed E-state index contributed by atoms with van der Waals surface area (Å²) >= 11 is 3.19. The van der Waals surface area contributed by atoms with E-state index in [4.69, 9.17) is 5.11 Å². The van der Waals surface area contributed by atoms with Crippen molar-refractivity contribution < 1.29 is 14.8 Å². The Labute approximate surface area is 119 Å². The third kappa shape index (κ3) is 4.60. The number of hydrogen-bond donors (Lipinski definition) is 1. The van der Waals surface area contributed by atoms with Crippen molar-refractivity contribution >= 4 is 27.6 Å². The molecular weight excluding hydrogens is 316 g/mol. The Hall–Kier alpha value is -1.47. The molecule has 1 atom stereocenters. The molecule has 1 unspecified atom stereocenters. The van der Waals surface area contributed by atoms with Gasteiger partial charge in [0.25, 0.3) is 5.69 Å². The maximum Gasteiger partial charge on any atom is 0.307 e. The lowest BCUT2D eigenvalue weighted by atomic mass is 10.1. The minimum atomic E-state index is -0.878. The summed E-state index contributed by atoms with van der Waals surface area (Å²) in [5.41, 5.74) is 0.595. The van der Waals surface area contributed by atoms with Crippen molar-refractivity contribution in [3.8, 4) is 0 Å². The van der Waals surface area contributed by atoms with Crippen LogP contribution in [0.25, 0.3) is 0 Å². The van der Waals surface area contributed by atoms with Crippen LogP contribution in [-0.4, -0.2) is 34.5 Å². The molecule has 0 saturated heterocycles. The molecule has 6 nitrogen and oxygen atoms in total. The SMILES string of the molecule is CC(CN(C)Cc1ccc(Br)cc1[N+](=O)[O-])C(=O)O. The van der Waals surface area contributed by atoms with Gasteiger partial charge in [0.05, 0.1) is 10.8 Å². The highest BCUT2D eigenvalue weighted by Gasteiger charge is 2.18. The number of nitro groups is 1. The monoisotopic (exact) mass is 330 g/mol. The number of carbonyl (C=O) groups is 1. The number of nitro benzene ring substituents is 1. The Balaban J connectivity index is 2.82. The van der Waals surface area contributed by atoms with Crippen LogP contribution >= 0.6 is 15.9 Å². The van der Waals surface area contributed by atoms with Crippen LogP contribution in [0.2, 0.25) is 0 Å². The first-order valence-corrected chi connectivity index (χ1v) is 6.44. The van der Waals surface area contributed by atoms with E-state index >= 15 is 0 Å². The summed E-state index contributed by atoms with van der Waals surface area (Å²) in [5, 5.41) is 19.8. The predicted octanol–water partition coefficient (Wildman–Crippen LogP) is 2.51. The lowest BCUT2D eigenvalue weighted by Gasteiger charge is -2.19. The maximum atomic E-state index is 11.0. The molecule has 1 rings (SSSR count). The van der Waals surface area contributed by atoms with Gasteiger partial charge in [0.2, 0.25) is 0 Å². The molecule has 0 heterocycles. The van der Waals surface area contributed by atoms with Gasteiger partial charge in [0.1, 0.15) is 0 Å². The van der Waals surface area contributed by atoms with Crippen molar-refractivity contribution in [3.05, 3.63) is 38.3 Å². The standard InChI is InChI=1S/C12H15BrN2O4/c1-8(12(16)17)6-14(2)7-9-3-4-10(13)5-11(9)15(18)19/h3-5,8H,6-7H2,1-2H3,(H,16,17). The van der Waals surface area contributed by atoms with Crippen LogP contribution in [0.4, 0.5) is 5.69 Å². The molecule has 0 aliphatic rings. The van der Waals surface area contributed by atoms with E-state index in [2.05, 4.69) is 15.9 Å². The average Bonchev–Trinajstić information content (AvgIpc) is 2.30. The van der Waals surface area contributed by atoms with Gasteiger partial charge in [-0.1, -0.05) is 22.9 Å². The van der Waals surface area contributed by atoms with E-state index in [1.165, 1.54) is 6.07 Å². The van der Waals surface area contributed by atoms with Crippen LogP contribution in [0.3, 0.4) is 0 Å². The lowest BCUT2D eigenvalue weighted by molar-refractivity contribution is -0.385. The van der Waals surface area contributed by atoms with E-state index in [0.29, 0.717) is 23.1 Å². The molecular formula is C12H15BrN2O4. The van der Waals surface area contributed by atoms with Crippen molar-refractivity contribution in [2.45, 2.75) is 13.5 Å². The molecule has 0 aliphatic carbocycles. The van der Waals surface area contributed by atoms with Crippen molar-refractivity contribution in [1.82, 2.24) is 4.90 Å². The zero-order chi connectivity index (χ0) is 14.6. The van der Waals surface area contributed by atoms with Crippen LogP contribution in [-0.2, 0) is 11.3 Å². The summed E-state index contributed by atoms with van der Waals surface area (Å²) in [6.45, 7) is 2.28. The fourth-order valence-corrected chi connectivity index (χ4v) is 2.09. The molecule has 0 bridgehead atoms. The Morgan fingerprint density at radius 3 is 2.74 bits per heavy atom. The van der Waals surface area contributed by atoms with E-state index < -0.39 is 16.8 Å². The van der Waals surface area contributed by atoms with Crippen LogP contribution in [0.1, 0.15) is 12.5 Å². The highest BCUT2D eigenvalue weighted by Crippen LogP contribution is 2.24. The van der Waals surface area contributed by atoms with Gasteiger partial charge in [-0.15, -0.1) is 0 Å². The first kappa shape index (κ1) is 15.6. The normalized spacial score (nSPS) is 12.4. The second-order valence-electron chi connectivity index (χ2n) is 4.47. The fraction of sp³-hybridized carbons (Fsp3) is 0.417. The third-order valence-corrected chi connectivity index (χ3v) is 3.18. The Morgan fingerprint density at radius 1 is 1.58 bits per heavy atom. The van der Waals surface area contributed by atoms with E-state index in [-0.39, 0.29) is 5.69 Å². The summed E-state index contributed by atoms with van der Waals surface area (Å²) in [6.07, 6.45) is 0. The number of rotatable bonds is 6. The number of halogens is 1. The third-order valence-electron chi connectivity index (χ3n) is 2.69. The van der Waals surface area contributed by atoms with Crippen LogP contribution in [0.15, 0.2) is 22.7 Å². The summed E-state index contributed by atoms with van der Waals surface area (Å²) < 4.78 is 0.643. The molecule has 0 saturated carbocycles. The molecule has 0 aliphatic heterocycles. The molecule has 1 aromatic rings. The highest BCUT2D eigenvalue weighted by molar-refractivity contribution is 9.10. The Bertz CT molecular complexity index is 493. The summed E-state index contributed by atoms with van der Waals surface area (Å²) in [7, 11) is 1.74. The molecule has 0 radical (unpaired) electrons. The molecule has 104 valence electrons. The molecule has 19 heavy (non-hydrogen) atoms. The van der Waals surface area contributed by atoms with Crippen molar-refractivity contribution in [3.63, 3.8) is 0 Å². The average molecular weight is 331 g/mol. The smallest absolute Gasteiger partial charge is 0.307 e. The molecule has 0 aromatic heterocycles. The molecule has 1 N–H and O–H groups in total. The van der Waals surface area contributed by atoms with Gasteiger partial charge in [0, 0.05) is 29.2 Å². The van der Waals surface area contributed by atoms with Gasteiger partial charge in [-0.3, -0.25) is 14.9 Å². The maximum absolute atomic E-state index is 11.0. The van der Waals surface area contributed by atoms with E-state index in [9.17, 15) is 14.9 Å². The predicted molar refractivity (Wildman–Crippen MR) is 73.9 cm³/mol. The largest absolute Gasteiger partial charge is 0.481 e. The van der Waals surface area contributed by atoms with Crippen molar-refractivity contribution in [1.29, 1.82) is 0 Å². The van der Waals surface area contributed by atoms with Gasteiger partial charge in [-0.25, -0.2) is 0 Å². The first-order valence-electron chi connectivity index (χ1n) is 5.65. The number of nitrogens with zero attached hydrogens (tertiary/aromatic N) is 2. The minimum absolute atomic E-state index is 0.0317. The zero-order valence-electron chi connectivity index (χ0n) is 10.7. The summed E-state index contributed by atoms with van der Waals surface area (Å²) in [4.78, 5) is 23.0. The number of aliphatic carboxylic acids is 1. The topological polar surface area (TPSA) is 83.7 Å². The number of carboxylic acids is 1. The van der Waals surface area contributed by atoms with E-state index in [1.54, 1.807) is 31.0 Å². The molecule has 1 aromatic carbocycles. The molecule has 0 fully saturated rings. The second kappa shape index (κ2) is 6.63. The molecule has 0 amide bonds. The van der Waals surface area contributed by atoms with E-state index in [0.717, 1.165) is 0 Å². The molecule has 7 heteroatoms. The second-order valence-corrected chi connectivity index (χ2v) is 5.38. The number of hydrogen-bond acceptors (Lipinski definition) is 4. The number of benzene rings is 1. The van der Waals surface area contributed by atoms with Gasteiger partial charge >= 0.3 is 5.97 Å². The van der Waals surface area contributed by atoms with Crippen LogP contribution in [0, 0.1) is 16.0 Å². The van der Waals surface area contributed by atoms with Gasteiger partial charge in [-0.2, -0.15) is 0 Å². The van der Waals surface area contributed by atoms with Gasteiger partial charge < -0.3 is 10.0 Å². The Kier molecular flexibility index (Phi) is 5.44. The van der Waals surface area contributed by atoms with Gasteiger partial charge in [-0.05, 0) is 19.2 Å².